The summed E-state index contributed by atoms with van der Waals surface area (Å²) in [5.74, 6) is -0.711. The molecule has 0 aliphatic carbocycles. The lowest BCUT2D eigenvalue weighted by atomic mass is 10.2. The molecule has 0 spiro atoms. The Hall–Kier alpha value is -2.13. The number of benzene rings is 2. The highest BCUT2D eigenvalue weighted by molar-refractivity contribution is 7.98. The topological polar surface area (TPSA) is 66.5 Å². The zero-order valence-electron chi connectivity index (χ0n) is 16.1. The smallest absolute Gasteiger partial charge is 0.232 e. The summed E-state index contributed by atoms with van der Waals surface area (Å²) < 4.78 is 51.4. The van der Waals surface area contributed by atoms with Crippen LogP contribution in [0.5, 0.6) is 0 Å². The Morgan fingerprint density at radius 1 is 1.10 bits per heavy atom. The third-order valence-electron chi connectivity index (χ3n) is 4.04. The predicted octanol–water partition coefficient (Wildman–Crippen LogP) is 3.56. The third kappa shape index (κ3) is 8.02. The highest BCUT2D eigenvalue weighted by Gasteiger charge is 2.19. The van der Waals surface area contributed by atoms with Gasteiger partial charge in [-0.05, 0) is 24.1 Å². The van der Waals surface area contributed by atoms with Crippen LogP contribution in [0.25, 0.3) is 0 Å². The molecule has 0 unspecified atom stereocenters. The van der Waals surface area contributed by atoms with E-state index >= 15 is 0 Å². The van der Waals surface area contributed by atoms with E-state index in [1.165, 1.54) is 11.6 Å². The van der Waals surface area contributed by atoms with Gasteiger partial charge in [0.1, 0.15) is 0 Å². The number of hydrogen-bond acceptors (Lipinski definition) is 4. The monoisotopic (exact) mass is 442 g/mol. The average Bonchev–Trinajstić information content (AvgIpc) is 2.67. The minimum Gasteiger partial charge on any atom is -0.355 e. The maximum atomic E-state index is 13.4. The SMILES string of the molecule is CS(=O)(=O)N(CCCC(=O)NCCSCc1ccccc1)c1ccc(F)c(F)c1. The Labute approximate surface area is 174 Å². The van der Waals surface area contributed by atoms with Crippen molar-refractivity contribution in [1.82, 2.24) is 5.32 Å². The standard InChI is InChI=1S/C20H24F2N2O3S2/c1-29(26,27)24(17-9-10-18(21)19(22)14-17)12-5-8-20(25)23-11-13-28-15-16-6-3-2-4-7-16/h2-4,6-7,9-10,14H,5,8,11-13,15H2,1H3,(H,23,25). The van der Waals surface area contributed by atoms with E-state index in [4.69, 9.17) is 0 Å². The number of anilines is 1. The van der Waals surface area contributed by atoms with Gasteiger partial charge in [0.2, 0.25) is 15.9 Å². The first-order valence-corrected chi connectivity index (χ1v) is 12.1. The van der Waals surface area contributed by atoms with Gasteiger partial charge in [0.05, 0.1) is 11.9 Å². The number of carbonyl (C=O) groups is 1. The van der Waals surface area contributed by atoms with Gasteiger partial charge in [-0.1, -0.05) is 30.3 Å². The summed E-state index contributed by atoms with van der Waals surface area (Å²) >= 11 is 1.71. The van der Waals surface area contributed by atoms with Gasteiger partial charge in [-0.25, -0.2) is 17.2 Å². The van der Waals surface area contributed by atoms with E-state index in [0.717, 1.165) is 34.2 Å². The normalized spacial score (nSPS) is 11.3. The van der Waals surface area contributed by atoms with E-state index < -0.39 is 21.7 Å². The summed E-state index contributed by atoms with van der Waals surface area (Å²) in [4.78, 5) is 11.9. The third-order valence-corrected chi connectivity index (χ3v) is 6.26. The van der Waals surface area contributed by atoms with Crippen LogP contribution in [0.4, 0.5) is 14.5 Å². The quantitative estimate of drug-likeness (QED) is 0.541. The maximum absolute atomic E-state index is 13.4. The minimum absolute atomic E-state index is 0.0000822. The Morgan fingerprint density at radius 3 is 2.48 bits per heavy atom. The van der Waals surface area contributed by atoms with Crippen LogP contribution in [0, 0.1) is 11.6 Å². The van der Waals surface area contributed by atoms with Crippen molar-refractivity contribution in [2.45, 2.75) is 18.6 Å². The van der Waals surface area contributed by atoms with Gasteiger partial charge in [0.25, 0.3) is 0 Å². The van der Waals surface area contributed by atoms with Crippen LogP contribution >= 0.6 is 11.8 Å². The molecule has 0 radical (unpaired) electrons. The molecule has 2 aromatic carbocycles. The Morgan fingerprint density at radius 2 is 1.83 bits per heavy atom. The number of nitrogens with one attached hydrogen (secondary N) is 1. The van der Waals surface area contributed by atoms with Gasteiger partial charge < -0.3 is 5.32 Å². The highest BCUT2D eigenvalue weighted by atomic mass is 32.2. The Bertz CT molecular complexity index is 909. The lowest BCUT2D eigenvalue weighted by Gasteiger charge is -2.22. The summed E-state index contributed by atoms with van der Waals surface area (Å²) in [5, 5.41) is 2.80. The molecule has 158 valence electrons. The van der Waals surface area contributed by atoms with E-state index in [2.05, 4.69) is 5.32 Å². The highest BCUT2D eigenvalue weighted by Crippen LogP contribution is 2.21. The second-order valence-corrected chi connectivity index (χ2v) is 9.44. The van der Waals surface area contributed by atoms with Crippen LogP contribution in [0.3, 0.4) is 0 Å². The average molecular weight is 443 g/mol. The van der Waals surface area contributed by atoms with Crippen LogP contribution in [-0.2, 0) is 20.6 Å². The molecule has 1 N–H and O–H groups in total. The van der Waals surface area contributed by atoms with Gasteiger partial charge >= 0.3 is 0 Å². The summed E-state index contributed by atoms with van der Waals surface area (Å²) in [5.41, 5.74) is 1.26. The molecule has 0 aliphatic heterocycles. The summed E-state index contributed by atoms with van der Waals surface area (Å²) in [6.07, 6.45) is 1.38. The molecule has 0 saturated carbocycles. The second kappa shape index (κ2) is 11.2. The van der Waals surface area contributed by atoms with Gasteiger partial charge in [-0.15, -0.1) is 0 Å². The van der Waals surface area contributed by atoms with Gasteiger partial charge in [-0.3, -0.25) is 9.10 Å². The number of carbonyl (C=O) groups excluding carboxylic acids is 1. The van der Waals surface area contributed by atoms with Crippen molar-refractivity contribution in [3.8, 4) is 0 Å². The van der Waals surface area contributed by atoms with Crippen molar-refractivity contribution in [2.75, 3.05) is 29.4 Å². The molecule has 9 heteroatoms. The molecule has 0 atom stereocenters. The van der Waals surface area contributed by atoms with E-state index in [9.17, 15) is 22.0 Å². The number of thioether (sulfide) groups is 1. The van der Waals surface area contributed by atoms with Gasteiger partial charge in [-0.2, -0.15) is 11.8 Å². The van der Waals surface area contributed by atoms with Crippen molar-refractivity contribution in [3.05, 3.63) is 65.7 Å². The minimum atomic E-state index is -3.69. The van der Waals surface area contributed by atoms with E-state index in [1.54, 1.807) is 11.8 Å². The van der Waals surface area contributed by atoms with Crippen molar-refractivity contribution in [1.29, 1.82) is 0 Å². The summed E-state index contributed by atoms with van der Waals surface area (Å²) in [6, 6.07) is 12.9. The fraction of sp³-hybridized carbons (Fsp3) is 0.350. The molecule has 2 aromatic rings. The van der Waals surface area contributed by atoms with Crippen LogP contribution in [-0.4, -0.2) is 39.4 Å². The number of sulfonamides is 1. The van der Waals surface area contributed by atoms with Gasteiger partial charge in [0.15, 0.2) is 11.6 Å². The molecule has 29 heavy (non-hydrogen) atoms. The molecule has 0 fully saturated rings. The van der Waals surface area contributed by atoms with Crippen molar-refractivity contribution < 1.29 is 22.0 Å². The summed E-state index contributed by atoms with van der Waals surface area (Å²) in [6.45, 7) is 0.523. The van der Waals surface area contributed by atoms with Crippen LogP contribution in [0.15, 0.2) is 48.5 Å². The summed E-state index contributed by atoms with van der Waals surface area (Å²) in [7, 11) is -3.69. The molecule has 0 aromatic heterocycles. The molecule has 0 heterocycles. The van der Waals surface area contributed by atoms with Crippen LogP contribution in [0.2, 0.25) is 0 Å². The first-order valence-electron chi connectivity index (χ1n) is 9.08. The Balaban J connectivity index is 1.73. The molecule has 5 nitrogen and oxygen atoms in total. The first kappa shape index (κ1) is 23.2. The van der Waals surface area contributed by atoms with Crippen LogP contribution < -0.4 is 9.62 Å². The number of rotatable bonds is 11. The fourth-order valence-electron chi connectivity index (χ4n) is 2.63. The maximum Gasteiger partial charge on any atom is 0.232 e. The van der Waals surface area contributed by atoms with Crippen molar-refractivity contribution in [3.63, 3.8) is 0 Å². The molecule has 0 aliphatic rings. The van der Waals surface area contributed by atoms with Gasteiger partial charge in [0, 0.05) is 37.1 Å². The zero-order chi connectivity index (χ0) is 21.3. The second-order valence-electron chi connectivity index (χ2n) is 6.43. The molecule has 0 bridgehead atoms. The van der Waals surface area contributed by atoms with E-state index in [-0.39, 0.29) is 31.0 Å². The van der Waals surface area contributed by atoms with E-state index in [0.29, 0.717) is 6.54 Å². The number of amides is 1. The molecule has 1 amide bonds. The lowest BCUT2D eigenvalue weighted by Crippen LogP contribution is -2.32. The molecule has 2 rings (SSSR count). The zero-order valence-corrected chi connectivity index (χ0v) is 17.7. The number of hydrogen-bond donors (Lipinski definition) is 1. The molecular formula is C20H24F2N2O3S2. The number of nitrogens with zero attached hydrogens (tertiary/aromatic N) is 1. The van der Waals surface area contributed by atoms with Crippen molar-refractivity contribution in [2.24, 2.45) is 0 Å². The first-order chi connectivity index (χ1) is 13.8. The molecular weight excluding hydrogens is 418 g/mol. The predicted molar refractivity (Wildman–Crippen MR) is 113 cm³/mol. The molecule has 0 saturated heterocycles. The number of halogens is 2. The Kier molecular flexibility index (Phi) is 8.91. The largest absolute Gasteiger partial charge is 0.355 e. The van der Waals surface area contributed by atoms with Crippen molar-refractivity contribution >= 4 is 33.4 Å². The van der Waals surface area contributed by atoms with E-state index in [1.807, 2.05) is 30.3 Å². The lowest BCUT2D eigenvalue weighted by molar-refractivity contribution is -0.121. The fourth-order valence-corrected chi connectivity index (χ4v) is 4.40. The van der Waals surface area contributed by atoms with Crippen LogP contribution in [0.1, 0.15) is 18.4 Å².